The van der Waals surface area contributed by atoms with Crippen LogP contribution in [-0.4, -0.2) is 60.5 Å². The van der Waals surface area contributed by atoms with Crippen LogP contribution in [0.5, 0.6) is 0 Å². The Balaban J connectivity index is 4.24. The lowest BCUT2D eigenvalue weighted by molar-refractivity contribution is -0.161. The third kappa shape index (κ3) is 41.6. The smallest absolute Gasteiger partial charge is 0.462 e. The van der Waals surface area contributed by atoms with Crippen LogP contribution >= 0.6 is 7.82 Å². The lowest BCUT2D eigenvalue weighted by Crippen LogP contribution is -2.29. The maximum atomic E-state index is 12.6. The first-order valence-corrected chi connectivity index (χ1v) is 24.0. The van der Waals surface area contributed by atoms with Crippen LogP contribution in [0.2, 0.25) is 0 Å². The van der Waals surface area contributed by atoms with Gasteiger partial charge in [0.25, 0.3) is 0 Å². The molecule has 3 atom stereocenters. The van der Waals surface area contributed by atoms with Gasteiger partial charge in [-0.05, 0) is 89.9 Å². The van der Waals surface area contributed by atoms with Gasteiger partial charge in [-0.2, -0.15) is 0 Å². The van der Waals surface area contributed by atoms with Gasteiger partial charge in [-0.3, -0.25) is 18.6 Å². The second-order valence-electron chi connectivity index (χ2n) is 14.7. The molecule has 0 fully saturated rings. The zero-order valence-electron chi connectivity index (χ0n) is 36.4. The van der Waals surface area contributed by atoms with Crippen molar-refractivity contribution in [1.29, 1.82) is 0 Å². The van der Waals surface area contributed by atoms with Crippen molar-refractivity contribution in [2.45, 2.75) is 187 Å². The van der Waals surface area contributed by atoms with Crippen molar-refractivity contribution in [2.75, 3.05) is 26.4 Å². The first-order valence-electron chi connectivity index (χ1n) is 22.5. The highest BCUT2D eigenvalue weighted by atomic mass is 31.2. The molecule has 0 bridgehead atoms. The number of carbonyl (C=O) groups is 2. The minimum Gasteiger partial charge on any atom is -0.462 e. The van der Waals surface area contributed by atoms with Gasteiger partial charge >= 0.3 is 19.8 Å². The fraction of sp³-hybridized carbons (Fsp3) is 0.702. The van der Waals surface area contributed by atoms with E-state index < -0.39 is 32.5 Å². The lowest BCUT2D eigenvalue weighted by atomic mass is 10.1. The number of aliphatic hydroxyl groups is 1. The molecule has 334 valence electrons. The third-order valence-electron chi connectivity index (χ3n) is 9.23. The summed E-state index contributed by atoms with van der Waals surface area (Å²) in [6.45, 7) is 3.34. The Labute approximate surface area is 353 Å². The summed E-state index contributed by atoms with van der Waals surface area (Å²) in [6, 6.07) is 0. The zero-order valence-corrected chi connectivity index (χ0v) is 37.3. The predicted molar refractivity (Wildman–Crippen MR) is 239 cm³/mol. The van der Waals surface area contributed by atoms with Gasteiger partial charge in [-0.15, -0.1) is 0 Å². The van der Waals surface area contributed by atoms with E-state index >= 15 is 0 Å². The molecule has 0 spiro atoms. The molecule has 0 aliphatic carbocycles. The minimum atomic E-state index is -4.40. The standard InChI is InChI=1S/C47H82NO9P/c1-3-5-6-7-8-9-10-11-12-13-14-15-16-21-24-27-30-33-36-39-47(51)57-45(43-56-58(52,53)55-41-40-48)42-54-46(50)38-35-32-29-26-23-20-18-17-19-22-25-28-31-34-37-44(49)4-2/h8-9,11-12,18-20,22,26,28-29,31,44-45,49H,3-7,10,13-17,21,23-25,27,30,32-43,48H2,1-2H3,(H,52,53)/b9-8-,12-11-,20-18-,22-19-,29-26-,31-28-/t44-,45+/m0/s1. The fourth-order valence-corrected chi connectivity index (χ4v) is 6.46. The van der Waals surface area contributed by atoms with Gasteiger partial charge in [0.1, 0.15) is 6.61 Å². The van der Waals surface area contributed by atoms with Crippen molar-refractivity contribution < 1.29 is 42.7 Å². The molecule has 0 aliphatic heterocycles. The second-order valence-corrected chi connectivity index (χ2v) is 16.2. The van der Waals surface area contributed by atoms with Crippen LogP contribution in [0.1, 0.15) is 174 Å². The van der Waals surface area contributed by atoms with Gasteiger partial charge < -0.3 is 25.2 Å². The maximum Gasteiger partial charge on any atom is 0.472 e. The molecule has 0 aromatic carbocycles. The Morgan fingerprint density at radius 2 is 1.05 bits per heavy atom. The predicted octanol–water partition coefficient (Wildman–Crippen LogP) is 12.0. The monoisotopic (exact) mass is 836 g/mol. The Morgan fingerprint density at radius 1 is 0.586 bits per heavy atom. The highest BCUT2D eigenvalue weighted by molar-refractivity contribution is 7.47. The number of hydrogen-bond acceptors (Lipinski definition) is 9. The molecule has 0 rings (SSSR count). The number of esters is 2. The number of hydrogen-bond donors (Lipinski definition) is 3. The van der Waals surface area contributed by atoms with E-state index in [1.54, 1.807) is 0 Å². The Kier molecular flexibility index (Phi) is 40.6. The van der Waals surface area contributed by atoms with Gasteiger partial charge in [0.2, 0.25) is 0 Å². The van der Waals surface area contributed by atoms with E-state index in [1.165, 1.54) is 57.8 Å². The van der Waals surface area contributed by atoms with Crippen LogP contribution < -0.4 is 5.73 Å². The van der Waals surface area contributed by atoms with Gasteiger partial charge in [0.15, 0.2) is 6.10 Å². The molecule has 0 aliphatic rings. The molecule has 1 unspecified atom stereocenters. The minimum absolute atomic E-state index is 0.0367. The number of phosphoric acid groups is 1. The molecule has 0 amide bonds. The van der Waals surface area contributed by atoms with Crippen LogP contribution in [0.25, 0.3) is 0 Å². The van der Waals surface area contributed by atoms with Crippen LogP contribution in [0.3, 0.4) is 0 Å². The number of allylic oxidation sites excluding steroid dienone is 12. The topological polar surface area (TPSA) is 155 Å². The number of ether oxygens (including phenoxy) is 2. The molecule has 0 heterocycles. The molecule has 0 aromatic heterocycles. The second kappa shape index (κ2) is 42.5. The highest BCUT2D eigenvalue weighted by Gasteiger charge is 2.26. The van der Waals surface area contributed by atoms with Crippen molar-refractivity contribution in [3.05, 3.63) is 72.9 Å². The molecular weight excluding hydrogens is 753 g/mol. The molecule has 11 heteroatoms. The average molecular weight is 836 g/mol. The van der Waals surface area contributed by atoms with E-state index in [0.29, 0.717) is 19.3 Å². The van der Waals surface area contributed by atoms with Crippen molar-refractivity contribution in [3.63, 3.8) is 0 Å². The van der Waals surface area contributed by atoms with Crippen LogP contribution in [-0.2, 0) is 32.7 Å². The van der Waals surface area contributed by atoms with E-state index in [0.717, 1.165) is 70.6 Å². The van der Waals surface area contributed by atoms with Crippen LogP contribution in [0.4, 0.5) is 0 Å². The molecule has 0 aromatic rings. The van der Waals surface area contributed by atoms with Gasteiger partial charge in [-0.25, -0.2) is 4.57 Å². The number of carbonyl (C=O) groups excluding carboxylic acids is 2. The summed E-state index contributed by atoms with van der Waals surface area (Å²) in [5.41, 5.74) is 5.34. The molecule has 0 radical (unpaired) electrons. The van der Waals surface area contributed by atoms with E-state index in [9.17, 15) is 24.2 Å². The normalized spacial score (nSPS) is 14.5. The molecule has 10 nitrogen and oxygen atoms in total. The van der Waals surface area contributed by atoms with Crippen molar-refractivity contribution in [1.82, 2.24) is 0 Å². The summed E-state index contributed by atoms with van der Waals surface area (Å²) in [4.78, 5) is 34.9. The number of aliphatic hydroxyl groups excluding tert-OH is 1. The third-order valence-corrected chi connectivity index (χ3v) is 10.2. The molecular formula is C47H82NO9P. The van der Waals surface area contributed by atoms with Crippen molar-refractivity contribution in [3.8, 4) is 0 Å². The molecule has 0 saturated carbocycles. The van der Waals surface area contributed by atoms with Crippen molar-refractivity contribution in [2.24, 2.45) is 5.73 Å². The summed E-state index contributed by atoms with van der Waals surface area (Å²) in [6.07, 6.45) is 48.8. The fourth-order valence-electron chi connectivity index (χ4n) is 5.70. The largest absolute Gasteiger partial charge is 0.472 e. The van der Waals surface area contributed by atoms with Gasteiger partial charge in [0.05, 0.1) is 19.3 Å². The summed E-state index contributed by atoms with van der Waals surface area (Å²) < 4.78 is 32.7. The Bertz CT molecular complexity index is 1200. The van der Waals surface area contributed by atoms with E-state index in [4.69, 9.17) is 24.3 Å². The number of nitrogens with two attached hydrogens (primary N) is 1. The van der Waals surface area contributed by atoms with E-state index in [-0.39, 0.29) is 38.7 Å². The van der Waals surface area contributed by atoms with Crippen LogP contribution in [0.15, 0.2) is 72.9 Å². The number of unbranched alkanes of at least 4 members (excludes halogenated alkanes) is 13. The lowest BCUT2D eigenvalue weighted by Gasteiger charge is -2.19. The summed E-state index contributed by atoms with van der Waals surface area (Å²) in [7, 11) is -4.40. The quantitative estimate of drug-likeness (QED) is 0.0235. The van der Waals surface area contributed by atoms with Gasteiger partial charge in [-0.1, -0.05) is 145 Å². The summed E-state index contributed by atoms with van der Waals surface area (Å²) in [5.74, 6) is -0.922. The van der Waals surface area contributed by atoms with Crippen molar-refractivity contribution >= 4 is 19.8 Å². The highest BCUT2D eigenvalue weighted by Crippen LogP contribution is 2.43. The van der Waals surface area contributed by atoms with E-state index in [2.05, 4.69) is 73.8 Å². The maximum absolute atomic E-state index is 12.6. The van der Waals surface area contributed by atoms with Gasteiger partial charge in [0, 0.05) is 19.4 Å². The Morgan fingerprint density at radius 3 is 1.59 bits per heavy atom. The van der Waals surface area contributed by atoms with E-state index in [1.807, 2.05) is 13.0 Å². The summed E-state index contributed by atoms with van der Waals surface area (Å²) in [5, 5.41) is 9.56. The molecule has 0 saturated heterocycles. The Hall–Kier alpha value is -2.59. The first-order chi connectivity index (χ1) is 28.2. The summed E-state index contributed by atoms with van der Waals surface area (Å²) >= 11 is 0. The average Bonchev–Trinajstić information content (AvgIpc) is 3.21. The SMILES string of the molecule is CCCCC/C=C\C/C=C\CCCCCCCCCCCC(=O)O[C@H](COC(=O)CCC/C=C\C/C=C\C/C=C\C/C=C\CC[C@@H](O)CC)COP(=O)(O)OCCN. The van der Waals surface area contributed by atoms with Crippen LogP contribution in [0, 0.1) is 0 Å². The molecule has 58 heavy (non-hydrogen) atoms. The number of phosphoric ester groups is 1. The number of rotatable bonds is 41. The zero-order chi connectivity index (χ0) is 42.6. The first kappa shape index (κ1) is 55.4. The molecule has 4 N–H and O–H groups in total.